The zero-order chi connectivity index (χ0) is 31.0. The number of rotatable bonds is 13. The Morgan fingerprint density at radius 3 is 2.14 bits per heavy atom. The van der Waals surface area contributed by atoms with Gasteiger partial charge in [-0.1, -0.05) is 56.7 Å². The van der Waals surface area contributed by atoms with E-state index in [1.165, 1.54) is 36.3 Å². The van der Waals surface area contributed by atoms with E-state index in [-0.39, 0.29) is 41.1 Å². The second kappa shape index (κ2) is 14.3. The number of anilines is 1. The standard InChI is InChI=1S/C32H40FN3O5S/c1-7-28(32(38)34-19-22(2)3)35(20-25-11-13-26(33)14-12-25)31(37)21-36(29-18-24(5)10-17-30(29)41-6)42(39,40)27-15-8-23(4)9-16-27/h8-18,22,28H,7,19-21H2,1-6H3,(H,34,38)/t28-/m1/s1. The summed E-state index contributed by atoms with van der Waals surface area (Å²) in [5.41, 5.74) is 2.45. The average Bonchev–Trinajstić information content (AvgIpc) is 2.95. The Hall–Kier alpha value is -3.92. The highest BCUT2D eigenvalue weighted by Gasteiger charge is 2.34. The summed E-state index contributed by atoms with van der Waals surface area (Å²) in [6.45, 7) is 9.19. The van der Waals surface area contributed by atoms with E-state index in [1.54, 1.807) is 49.4 Å². The molecule has 0 spiro atoms. The maximum Gasteiger partial charge on any atom is 0.264 e. The lowest BCUT2D eigenvalue weighted by molar-refractivity contribution is -0.140. The lowest BCUT2D eigenvalue weighted by atomic mass is 10.1. The second-order valence-corrected chi connectivity index (χ2v) is 12.6. The fourth-order valence-electron chi connectivity index (χ4n) is 4.47. The Balaban J connectivity index is 2.11. The smallest absolute Gasteiger partial charge is 0.264 e. The van der Waals surface area contributed by atoms with Crippen molar-refractivity contribution in [1.29, 1.82) is 0 Å². The molecule has 2 amide bonds. The minimum Gasteiger partial charge on any atom is -0.495 e. The minimum absolute atomic E-state index is 0.0104. The third kappa shape index (κ3) is 8.09. The first-order chi connectivity index (χ1) is 19.9. The van der Waals surface area contributed by atoms with Crippen molar-refractivity contribution in [3.8, 4) is 5.75 Å². The molecule has 0 aliphatic heterocycles. The predicted molar refractivity (Wildman–Crippen MR) is 162 cm³/mol. The average molecular weight is 598 g/mol. The molecule has 226 valence electrons. The molecule has 0 fully saturated rings. The first kappa shape index (κ1) is 32.6. The van der Waals surface area contributed by atoms with E-state index in [4.69, 9.17) is 4.74 Å². The van der Waals surface area contributed by atoms with Crippen LogP contribution in [0.3, 0.4) is 0 Å². The van der Waals surface area contributed by atoms with Gasteiger partial charge in [0, 0.05) is 13.1 Å². The fraction of sp³-hybridized carbons (Fsp3) is 0.375. The molecule has 0 heterocycles. The van der Waals surface area contributed by atoms with E-state index in [9.17, 15) is 22.4 Å². The van der Waals surface area contributed by atoms with Gasteiger partial charge in [0.1, 0.15) is 24.2 Å². The van der Waals surface area contributed by atoms with E-state index in [2.05, 4.69) is 5.32 Å². The second-order valence-electron chi connectivity index (χ2n) is 10.7. The van der Waals surface area contributed by atoms with Crippen molar-refractivity contribution in [1.82, 2.24) is 10.2 Å². The fourth-order valence-corrected chi connectivity index (χ4v) is 5.89. The Morgan fingerprint density at radius 2 is 1.57 bits per heavy atom. The number of carbonyl (C=O) groups excluding carboxylic acids is 2. The summed E-state index contributed by atoms with van der Waals surface area (Å²) < 4.78 is 48.4. The van der Waals surface area contributed by atoms with E-state index < -0.39 is 34.3 Å². The van der Waals surface area contributed by atoms with Crippen LogP contribution in [0, 0.1) is 25.6 Å². The summed E-state index contributed by atoms with van der Waals surface area (Å²) >= 11 is 0. The van der Waals surface area contributed by atoms with Crippen molar-refractivity contribution >= 4 is 27.5 Å². The lowest BCUT2D eigenvalue weighted by Crippen LogP contribution is -2.52. The summed E-state index contributed by atoms with van der Waals surface area (Å²) in [5, 5.41) is 2.89. The van der Waals surface area contributed by atoms with Crippen molar-refractivity contribution < 1.29 is 27.1 Å². The number of hydrogen-bond donors (Lipinski definition) is 1. The van der Waals surface area contributed by atoms with Gasteiger partial charge in [0.2, 0.25) is 11.8 Å². The number of benzene rings is 3. The van der Waals surface area contributed by atoms with Crippen molar-refractivity contribution in [2.75, 3.05) is 24.5 Å². The van der Waals surface area contributed by atoms with Crippen LogP contribution in [0.4, 0.5) is 10.1 Å². The van der Waals surface area contributed by atoms with Crippen LogP contribution >= 0.6 is 0 Å². The first-order valence-electron chi connectivity index (χ1n) is 13.9. The van der Waals surface area contributed by atoms with Gasteiger partial charge < -0.3 is 15.0 Å². The summed E-state index contributed by atoms with van der Waals surface area (Å²) in [6, 6.07) is 16.2. The molecule has 0 radical (unpaired) electrons. The minimum atomic E-state index is -4.25. The Morgan fingerprint density at radius 1 is 0.952 bits per heavy atom. The number of nitrogens with zero attached hydrogens (tertiary/aromatic N) is 2. The zero-order valence-corrected chi connectivity index (χ0v) is 25.9. The molecule has 0 aliphatic rings. The number of halogens is 1. The number of ether oxygens (including phenoxy) is 1. The van der Waals surface area contributed by atoms with Crippen LogP contribution in [0.5, 0.6) is 5.75 Å². The molecule has 0 bridgehead atoms. The molecular formula is C32H40FN3O5S. The normalized spacial score (nSPS) is 12.1. The van der Waals surface area contributed by atoms with Gasteiger partial charge in [0.05, 0.1) is 17.7 Å². The van der Waals surface area contributed by atoms with Gasteiger partial charge in [-0.3, -0.25) is 13.9 Å². The van der Waals surface area contributed by atoms with Crippen LogP contribution in [-0.2, 0) is 26.2 Å². The molecule has 42 heavy (non-hydrogen) atoms. The maximum absolute atomic E-state index is 14.2. The van der Waals surface area contributed by atoms with Crippen LogP contribution in [0.1, 0.15) is 43.9 Å². The molecule has 10 heteroatoms. The molecule has 0 saturated heterocycles. The monoisotopic (exact) mass is 597 g/mol. The van der Waals surface area contributed by atoms with E-state index >= 15 is 0 Å². The molecule has 1 N–H and O–H groups in total. The van der Waals surface area contributed by atoms with Crippen LogP contribution in [-0.4, -0.2) is 51.4 Å². The zero-order valence-electron chi connectivity index (χ0n) is 25.1. The Kier molecular flexibility index (Phi) is 11.1. The Bertz CT molecular complexity index is 1470. The molecule has 3 aromatic carbocycles. The molecule has 8 nitrogen and oxygen atoms in total. The largest absolute Gasteiger partial charge is 0.495 e. The summed E-state index contributed by atoms with van der Waals surface area (Å²) in [6.07, 6.45) is 0.287. The summed E-state index contributed by atoms with van der Waals surface area (Å²) in [5.74, 6) is -0.902. The third-order valence-electron chi connectivity index (χ3n) is 6.83. The molecule has 3 aromatic rings. The topological polar surface area (TPSA) is 96.0 Å². The van der Waals surface area contributed by atoms with Gasteiger partial charge in [-0.15, -0.1) is 0 Å². The van der Waals surface area contributed by atoms with Crippen molar-refractivity contribution in [2.45, 2.75) is 58.5 Å². The highest BCUT2D eigenvalue weighted by molar-refractivity contribution is 7.92. The predicted octanol–water partition coefficient (Wildman–Crippen LogP) is 5.23. The van der Waals surface area contributed by atoms with E-state index in [1.807, 2.05) is 27.7 Å². The van der Waals surface area contributed by atoms with Crippen LogP contribution in [0.15, 0.2) is 71.6 Å². The Labute approximate surface area is 248 Å². The van der Waals surface area contributed by atoms with Gasteiger partial charge in [0.25, 0.3) is 10.0 Å². The molecule has 0 saturated carbocycles. The van der Waals surface area contributed by atoms with E-state index in [0.29, 0.717) is 12.1 Å². The number of methoxy groups -OCH3 is 1. The quantitative estimate of drug-likeness (QED) is 0.291. The molecule has 1 atom stereocenters. The van der Waals surface area contributed by atoms with E-state index in [0.717, 1.165) is 15.4 Å². The summed E-state index contributed by atoms with van der Waals surface area (Å²) in [4.78, 5) is 28.9. The molecule has 0 unspecified atom stereocenters. The number of amides is 2. The van der Waals surface area contributed by atoms with Crippen LogP contribution in [0.25, 0.3) is 0 Å². The van der Waals surface area contributed by atoms with Gasteiger partial charge in [-0.2, -0.15) is 0 Å². The summed E-state index contributed by atoms with van der Waals surface area (Å²) in [7, 11) is -2.82. The number of aryl methyl sites for hydroxylation is 2. The number of sulfonamides is 1. The van der Waals surface area contributed by atoms with Crippen molar-refractivity contribution in [3.63, 3.8) is 0 Å². The SMILES string of the molecule is CC[C@H](C(=O)NCC(C)C)N(Cc1ccc(F)cc1)C(=O)CN(c1cc(C)ccc1OC)S(=O)(=O)c1ccc(C)cc1. The van der Waals surface area contributed by atoms with Gasteiger partial charge in [0.15, 0.2) is 0 Å². The van der Waals surface area contributed by atoms with Crippen molar-refractivity contribution in [3.05, 3.63) is 89.2 Å². The maximum atomic E-state index is 14.2. The third-order valence-corrected chi connectivity index (χ3v) is 8.60. The highest BCUT2D eigenvalue weighted by Crippen LogP contribution is 2.34. The molecule has 3 rings (SSSR count). The molecule has 0 aliphatic carbocycles. The first-order valence-corrected chi connectivity index (χ1v) is 15.4. The van der Waals surface area contributed by atoms with Gasteiger partial charge >= 0.3 is 0 Å². The van der Waals surface area contributed by atoms with Gasteiger partial charge in [-0.25, -0.2) is 12.8 Å². The lowest BCUT2D eigenvalue weighted by Gasteiger charge is -2.33. The van der Waals surface area contributed by atoms with Gasteiger partial charge in [-0.05, 0) is 73.7 Å². The highest BCUT2D eigenvalue weighted by atomic mass is 32.2. The molecule has 0 aromatic heterocycles. The van der Waals surface area contributed by atoms with Crippen LogP contribution < -0.4 is 14.4 Å². The number of nitrogens with one attached hydrogen (secondary N) is 1. The molecular weight excluding hydrogens is 557 g/mol. The number of carbonyl (C=O) groups is 2. The number of hydrogen-bond acceptors (Lipinski definition) is 5. The van der Waals surface area contributed by atoms with Crippen LogP contribution in [0.2, 0.25) is 0 Å². The van der Waals surface area contributed by atoms with Crippen molar-refractivity contribution in [2.24, 2.45) is 5.92 Å².